The van der Waals surface area contributed by atoms with E-state index in [0.717, 1.165) is 18.5 Å². The number of nitrogens with zero attached hydrogens (tertiary/aromatic N) is 2. The van der Waals surface area contributed by atoms with Gasteiger partial charge in [-0.05, 0) is 31.5 Å². The Hall–Kier alpha value is -1.62. The maximum atomic E-state index is 12.1. The van der Waals surface area contributed by atoms with Gasteiger partial charge in [0.2, 0.25) is 15.9 Å². The Labute approximate surface area is 157 Å². The summed E-state index contributed by atoms with van der Waals surface area (Å²) in [7, 11) is -2.20. The lowest BCUT2D eigenvalue weighted by Gasteiger charge is -2.12. The third-order valence-electron chi connectivity index (χ3n) is 3.62. The number of hydrogen-bond acceptors (Lipinski definition) is 6. The van der Waals surface area contributed by atoms with E-state index >= 15 is 0 Å². The van der Waals surface area contributed by atoms with Crippen LogP contribution in [0.2, 0.25) is 0 Å². The molecule has 0 radical (unpaired) electrons. The third kappa shape index (κ3) is 5.19. The molecule has 3 N–H and O–H groups in total. The molecule has 0 fully saturated rings. The first kappa shape index (κ1) is 20.7. The van der Waals surface area contributed by atoms with E-state index in [9.17, 15) is 13.2 Å². The zero-order valence-electron chi connectivity index (χ0n) is 15.1. The summed E-state index contributed by atoms with van der Waals surface area (Å²) in [6, 6.07) is 4.56. The molecule has 0 saturated heterocycles. The molecule has 0 aliphatic rings. The Morgan fingerprint density at radius 3 is 2.81 bits per heavy atom. The molecule has 0 bridgehead atoms. The molecule has 2 aromatic rings. The number of nitrogens with one attached hydrogen (secondary N) is 1. The van der Waals surface area contributed by atoms with Crippen LogP contribution in [0.4, 0.5) is 0 Å². The van der Waals surface area contributed by atoms with Crippen molar-refractivity contribution in [3.05, 3.63) is 18.2 Å². The minimum atomic E-state index is -3.79. The maximum Gasteiger partial charge on any atom is 0.238 e. The molecule has 26 heavy (non-hydrogen) atoms. The number of methoxy groups -OCH3 is 1. The normalized spacial score (nSPS) is 13.1. The van der Waals surface area contributed by atoms with Crippen LogP contribution in [0.25, 0.3) is 11.0 Å². The van der Waals surface area contributed by atoms with Crippen molar-refractivity contribution in [3.63, 3.8) is 0 Å². The maximum absolute atomic E-state index is 12.1. The molecule has 0 aliphatic carbocycles. The fourth-order valence-electron chi connectivity index (χ4n) is 2.55. The van der Waals surface area contributed by atoms with Crippen molar-refractivity contribution in [2.75, 3.05) is 19.5 Å². The van der Waals surface area contributed by atoms with Gasteiger partial charge in [-0.2, -0.15) is 0 Å². The smallest absolute Gasteiger partial charge is 0.238 e. The highest BCUT2D eigenvalue weighted by Gasteiger charge is 2.16. The number of benzene rings is 1. The highest BCUT2D eigenvalue weighted by molar-refractivity contribution is 7.99. The number of primary sulfonamides is 1. The van der Waals surface area contributed by atoms with Crippen molar-refractivity contribution in [1.29, 1.82) is 0 Å². The van der Waals surface area contributed by atoms with E-state index < -0.39 is 10.0 Å². The second-order valence-electron chi connectivity index (χ2n) is 5.95. The number of hydrogen-bond donors (Lipinski definition) is 2. The van der Waals surface area contributed by atoms with Crippen molar-refractivity contribution >= 4 is 38.7 Å². The van der Waals surface area contributed by atoms with Gasteiger partial charge in [-0.15, -0.1) is 0 Å². The summed E-state index contributed by atoms with van der Waals surface area (Å²) in [5.41, 5.74) is 1.36. The third-order valence-corrected chi connectivity index (χ3v) is 5.50. The minimum Gasteiger partial charge on any atom is -0.383 e. The number of aryl methyl sites for hydroxylation is 1. The Bertz CT molecular complexity index is 880. The molecule has 144 valence electrons. The molecule has 0 saturated carbocycles. The second-order valence-corrected chi connectivity index (χ2v) is 8.46. The van der Waals surface area contributed by atoms with E-state index in [1.165, 1.54) is 23.9 Å². The number of fused-ring (bicyclic) bond motifs is 1. The Morgan fingerprint density at radius 1 is 1.46 bits per heavy atom. The van der Waals surface area contributed by atoms with Crippen molar-refractivity contribution in [2.45, 2.75) is 42.9 Å². The minimum absolute atomic E-state index is 0.0221. The standard InChI is InChI=1S/C16H24N4O4S2/c1-4-7-20-14-6-5-12(26(17,22)23)8-13(14)19-16(20)25-10-15(21)18-11(2)9-24-3/h5-6,8,11H,4,7,9-10H2,1-3H3,(H,18,21)(H2,17,22,23)/t11-/m1/s1. The summed E-state index contributed by atoms with van der Waals surface area (Å²) in [5.74, 6) is 0.100. The van der Waals surface area contributed by atoms with Gasteiger partial charge in [0, 0.05) is 19.7 Å². The van der Waals surface area contributed by atoms with Gasteiger partial charge >= 0.3 is 0 Å². The number of nitrogens with two attached hydrogens (primary N) is 1. The SMILES string of the molecule is CCCn1c(SCC(=O)N[C@H](C)COC)nc2cc(S(N)(=O)=O)ccc21. The Morgan fingerprint density at radius 2 is 2.19 bits per heavy atom. The Balaban J connectivity index is 2.23. The molecule has 0 spiro atoms. The van der Waals surface area contributed by atoms with Crippen LogP contribution >= 0.6 is 11.8 Å². The van der Waals surface area contributed by atoms with Crippen LogP contribution in [-0.4, -0.2) is 49.4 Å². The van der Waals surface area contributed by atoms with E-state index in [4.69, 9.17) is 9.88 Å². The van der Waals surface area contributed by atoms with Gasteiger partial charge in [-0.25, -0.2) is 18.5 Å². The first-order chi connectivity index (χ1) is 12.3. The summed E-state index contributed by atoms with van der Waals surface area (Å²) < 4.78 is 30.1. The number of rotatable bonds is 9. The fraction of sp³-hybridized carbons (Fsp3) is 0.500. The predicted molar refractivity (Wildman–Crippen MR) is 102 cm³/mol. The summed E-state index contributed by atoms with van der Waals surface area (Å²) >= 11 is 1.31. The summed E-state index contributed by atoms with van der Waals surface area (Å²) in [5, 5.41) is 8.71. The number of carbonyl (C=O) groups excluding carboxylic acids is 1. The molecule has 1 aromatic heterocycles. The number of ether oxygens (including phenoxy) is 1. The van der Waals surface area contributed by atoms with Crippen molar-refractivity contribution in [2.24, 2.45) is 5.14 Å². The van der Waals surface area contributed by atoms with E-state index in [1.54, 1.807) is 13.2 Å². The number of carbonyl (C=O) groups is 1. The molecule has 8 nitrogen and oxygen atoms in total. The van der Waals surface area contributed by atoms with Crippen LogP contribution in [0.3, 0.4) is 0 Å². The van der Waals surface area contributed by atoms with Gasteiger partial charge in [0.05, 0.1) is 28.3 Å². The predicted octanol–water partition coefficient (Wildman–Crippen LogP) is 1.34. The van der Waals surface area contributed by atoms with Crippen molar-refractivity contribution in [1.82, 2.24) is 14.9 Å². The van der Waals surface area contributed by atoms with Gasteiger partial charge in [-0.3, -0.25) is 4.79 Å². The highest BCUT2D eigenvalue weighted by Crippen LogP contribution is 2.26. The lowest BCUT2D eigenvalue weighted by atomic mass is 10.3. The number of imidazole rings is 1. The van der Waals surface area contributed by atoms with Crippen LogP contribution in [0, 0.1) is 0 Å². The molecule has 1 amide bonds. The zero-order valence-corrected chi connectivity index (χ0v) is 16.7. The van der Waals surface area contributed by atoms with Crippen molar-refractivity contribution in [3.8, 4) is 0 Å². The van der Waals surface area contributed by atoms with Crippen LogP contribution in [-0.2, 0) is 26.1 Å². The fourth-order valence-corrected chi connectivity index (χ4v) is 3.94. The van der Waals surface area contributed by atoms with Crippen LogP contribution in [0.1, 0.15) is 20.3 Å². The van der Waals surface area contributed by atoms with Gasteiger partial charge in [-0.1, -0.05) is 18.7 Å². The molecule has 1 heterocycles. The molecule has 1 aromatic carbocycles. The summed E-state index contributed by atoms with van der Waals surface area (Å²) in [6.45, 7) is 5.07. The summed E-state index contributed by atoms with van der Waals surface area (Å²) in [4.78, 5) is 16.6. The molecule has 1 atom stereocenters. The number of sulfonamides is 1. The zero-order chi connectivity index (χ0) is 19.3. The van der Waals surface area contributed by atoms with Gasteiger partial charge in [0.25, 0.3) is 0 Å². The summed E-state index contributed by atoms with van der Waals surface area (Å²) in [6.07, 6.45) is 0.882. The molecule has 10 heteroatoms. The Kier molecular flexibility index (Phi) is 7.04. The van der Waals surface area contributed by atoms with Crippen molar-refractivity contribution < 1.29 is 17.9 Å². The van der Waals surface area contributed by atoms with Crippen LogP contribution in [0.15, 0.2) is 28.3 Å². The lowest BCUT2D eigenvalue weighted by Crippen LogP contribution is -2.36. The molecule has 0 unspecified atom stereocenters. The van der Waals surface area contributed by atoms with Gasteiger partial charge in [0.15, 0.2) is 5.16 Å². The molecular formula is C16H24N4O4S2. The van der Waals surface area contributed by atoms with Gasteiger partial charge < -0.3 is 14.6 Å². The quantitative estimate of drug-likeness (QED) is 0.614. The van der Waals surface area contributed by atoms with E-state index in [2.05, 4.69) is 10.3 Å². The van der Waals surface area contributed by atoms with E-state index in [0.29, 0.717) is 17.3 Å². The average Bonchev–Trinajstić information content (AvgIpc) is 2.90. The molecule has 0 aliphatic heterocycles. The number of amides is 1. The van der Waals surface area contributed by atoms with Gasteiger partial charge in [0.1, 0.15) is 0 Å². The highest BCUT2D eigenvalue weighted by atomic mass is 32.2. The molecule has 2 rings (SSSR count). The first-order valence-corrected chi connectivity index (χ1v) is 10.7. The van der Waals surface area contributed by atoms with E-state index in [1.807, 2.05) is 18.4 Å². The van der Waals surface area contributed by atoms with Crippen LogP contribution < -0.4 is 10.5 Å². The lowest BCUT2D eigenvalue weighted by molar-refractivity contribution is -0.119. The second kappa shape index (κ2) is 8.85. The largest absolute Gasteiger partial charge is 0.383 e. The average molecular weight is 401 g/mol. The number of aromatic nitrogens is 2. The van der Waals surface area contributed by atoms with Crippen LogP contribution in [0.5, 0.6) is 0 Å². The monoisotopic (exact) mass is 400 g/mol. The van der Waals surface area contributed by atoms with E-state index in [-0.39, 0.29) is 22.6 Å². The number of thioether (sulfide) groups is 1. The topological polar surface area (TPSA) is 116 Å². The first-order valence-electron chi connectivity index (χ1n) is 8.20. The molecular weight excluding hydrogens is 376 g/mol.